The van der Waals surface area contributed by atoms with E-state index in [0.29, 0.717) is 18.4 Å². The minimum absolute atomic E-state index is 0.0218. The summed E-state index contributed by atoms with van der Waals surface area (Å²) < 4.78 is 0. The number of H-pyrrole nitrogens is 1. The third-order valence-corrected chi connectivity index (χ3v) is 6.04. The largest absolute Gasteiger partial charge is 0.361 e. The zero-order valence-electron chi connectivity index (χ0n) is 15.3. The zero-order chi connectivity index (χ0) is 18.1. The number of nitrogens with zero attached hydrogens (tertiary/aromatic N) is 2. The Hall–Kier alpha value is -2.32. The van der Waals surface area contributed by atoms with Gasteiger partial charge < -0.3 is 10.3 Å². The Bertz CT molecular complexity index is 839. The molecule has 1 aromatic carbocycles. The first-order valence-corrected chi connectivity index (χ1v) is 9.60. The summed E-state index contributed by atoms with van der Waals surface area (Å²) in [6.45, 7) is 4.09. The Balaban J connectivity index is 1.32. The van der Waals surface area contributed by atoms with Gasteiger partial charge >= 0.3 is 0 Å². The molecule has 1 unspecified atom stereocenters. The van der Waals surface area contributed by atoms with E-state index in [4.69, 9.17) is 0 Å². The van der Waals surface area contributed by atoms with Gasteiger partial charge in [0.15, 0.2) is 0 Å². The number of aromatic amines is 1. The van der Waals surface area contributed by atoms with Gasteiger partial charge in [0, 0.05) is 17.1 Å². The molecule has 1 aromatic heterocycles. The van der Waals surface area contributed by atoms with Crippen LogP contribution >= 0.6 is 0 Å². The fourth-order valence-corrected chi connectivity index (χ4v) is 4.25. The quantitative estimate of drug-likeness (QED) is 0.870. The number of hydrogen-bond acceptors (Lipinski definition) is 3. The molecule has 4 rings (SSSR count). The lowest BCUT2D eigenvalue weighted by Gasteiger charge is -2.32. The molecular weight excluding hydrogens is 324 g/mol. The molecule has 2 aliphatic rings. The van der Waals surface area contributed by atoms with Crippen molar-refractivity contribution in [1.29, 1.82) is 5.26 Å². The Kier molecular flexibility index (Phi) is 4.46. The number of hydrogen-bond donors (Lipinski definition) is 2. The first-order valence-electron chi connectivity index (χ1n) is 9.60. The van der Waals surface area contributed by atoms with Gasteiger partial charge in [0.25, 0.3) is 0 Å². The van der Waals surface area contributed by atoms with E-state index in [9.17, 15) is 10.1 Å². The van der Waals surface area contributed by atoms with Crippen molar-refractivity contribution in [2.24, 2.45) is 5.92 Å². The molecule has 2 heterocycles. The number of likely N-dealkylation sites (tertiary alicyclic amines) is 1. The highest BCUT2D eigenvalue weighted by Gasteiger charge is 2.43. The summed E-state index contributed by atoms with van der Waals surface area (Å²) in [7, 11) is 0. The minimum atomic E-state index is -0.695. The van der Waals surface area contributed by atoms with E-state index in [1.54, 1.807) is 0 Å². The van der Waals surface area contributed by atoms with Crippen LogP contribution in [-0.2, 0) is 4.79 Å². The average Bonchev–Trinajstić information content (AvgIpc) is 3.43. The molecule has 2 fully saturated rings. The van der Waals surface area contributed by atoms with Crippen LogP contribution < -0.4 is 5.32 Å². The first kappa shape index (κ1) is 17.1. The number of para-hydroxylation sites is 1. The average molecular weight is 350 g/mol. The number of aromatic nitrogens is 1. The third kappa shape index (κ3) is 3.34. The molecule has 26 heavy (non-hydrogen) atoms. The van der Waals surface area contributed by atoms with Gasteiger partial charge in [-0.25, -0.2) is 0 Å². The Labute approximate surface area is 154 Å². The molecule has 1 aliphatic heterocycles. The maximum absolute atomic E-state index is 12.4. The Morgan fingerprint density at radius 2 is 2.04 bits per heavy atom. The van der Waals surface area contributed by atoms with Crippen LogP contribution in [0.25, 0.3) is 10.9 Å². The number of nitrogens with one attached hydrogen (secondary N) is 2. The number of carbonyl (C=O) groups excluding carboxylic acids is 1. The van der Waals surface area contributed by atoms with Crippen LogP contribution in [-0.4, -0.2) is 41.0 Å². The number of nitriles is 1. The molecule has 0 radical (unpaired) electrons. The van der Waals surface area contributed by atoms with Crippen molar-refractivity contribution in [3.8, 4) is 6.07 Å². The molecule has 0 bridgehead atoms. The van der Waals surface area contributed by atoms with E-state index < -0.39 is 5.54 Å². The lowest BCUT2D eigenvalue weighted by atomic mass is 9.89. The summed E-state index contributed by atoms with van der Waals surface area (Å²) in [6, 6.07) is 10.7. The van der Waals surface area contributed by atoms with E-state index in [-0.39, 0.29) is 5.91 Å². The number of amides is 1. The molecule has 2 N–H and O–H groups in total. The second kappa shape index (κ2) is 6.77. The van der Waals surface area contributed by atoms with Crippen LogP contribution in [0, 0.1) is 17.2 Å². The molecule has 1 saturated heterocycles. The van der Waals surface area contributed by atoms with E-state index in [0.717, 1.165) is 38.8 Å². The van der Waals surface area contributed by atoms with Crippen LogP contribution in [0.4, 0.5) is 0 Å². The van der Waals surface area contributed by atoms with Crippen LogP contribution in [0.1, 0.15) is 44.1 Å². The molecule has 5 heteroatoms. The van der Waals surface area contributed by atoms with Gasteiger partial charge in [-0.1, -0.05) is 18.2 Å². The fourth-order valence-electron chi connectivity index (χ4n) is 4.25. The lowest BCUT2D eigenvalue weighted by molar-refractivity contribution is -0.123. The summed E-state index contributed by atoms with van der Waals surface area (Å²) in [5, 5.41) is 13.7. The molecule has 136 valence electrons. The van der Waals surface area contributed by atoms with Gasteiger partial charge in [-0.05, 0) is 69.2 Å². The summed E-state index contributed by atoms with van der Waals surface area (Å²) in [5.74, 6) is 0.844. The molecule has 2 aromatic rings. The normalized spacial score (nSPS) is 21.2. The zero-order valence-corrected chi connectivity index (χ0v) is 15.3. The number of fused-ring (bicyclic) bond motifs is 1. The highest BCUT2D eigenvalue weighted by Crippen LogP contribution is 2.39. The van der Waals surface area contributed by atoms with E-state index in [2.05, 4.69) is 51.7 Å². The monoisotopic (exact) mass is 350 g/mol. The second-order valence-electron chi connectivity index (χ2n) is 7.98. The summed E-state index contributed by atoms with van der Waals surface area (Å²) in [5.41, 5.74) is 1.90. The predicted molar refractivity (Wildman–Crippen MR) is 102 cm³/mol. The smallest absolute Gasteiger partial charge is 0.235 e. The molecule has 1 saturated carbocycles. The highest BCUT2D eigenvalue weighted by atomic mass is 16.2. The summed E-state index contributed by atoms with van der Waals surface area (Å²) in [4.78, 5) is 18.0. The summed E-state index contributed by atoms with van der Waals surface area (Å²) >= 11 is 0. The SMILES string of the molecule is CC(C#N)(NC(=O)CN1CCC(c2c[nH]c3ccccc23)CC1)C1CC1. The van der Waals surface area contributed by atoms with Gasteiger partial charge in [0.05, 0.1) is 12.6 Å². The van der Waals surface area contributed by atoms with Crippen molar-refractivity contribution < 1.29 is 4.79 Å². The molecule has 0 spiro atoms. The molecular formula is C21H26N4O. The number of rotatable bonds is 5. The van der Waals surface area contributed by atoms with E-state index in [1.165, 1.54) is 16.5 Å². The molecule has 5 nitrogen and oxygen atoms in total. The van der Waals surface area contributed by atoms with Crippen molar-refractivity contribution in [2.75, 3.05) is 19.6 Å². The van der Waals surface area contributed by atoms with Crippen molar-refractivity contribution in [1.82, 2.24) is 15.2 Å². The van der Waals surface area contributed by atoms with Crippen LogP contribution in [0.5, 0.6) is 0 Å². The minimum Gasteiger partial charge on any atom is -0.361 e. The standard InChI is InChI=1S/C21H26N4O/c1-21(14-22,16-6-7-16)24-20(26)13-25-10-8-15(9-11-25)18-12-23-19-5-3-2-4-17(18)19/h2-5,12,15-16,23H,6-11,13H2,1H3,(H,24,26). The van der Waals surface area contributed by atoms with Gasteiger partial charge in [-0.15, -0.1) is 0 Å². The van der Waals surface area contributed by atoms with E-state index >= 15 is 0 Å². The van der Waals surface area contributed by atoms with Gasteiger partial charge in [-0.3, -0.25) is 9.69 Å². The topological polar surface area (TPSA) is 71.9 Å². The second-order valence-corrected chi connectivity index (χ2v) is 7.98. The molecule has 1 aliphatic carbocycles. The number of benzene rings is 1. The van der Waals surface area contributed by atoms with E-state index in [1.807, 2.05) is 6.92 Å². The third-order valence-electron chi connectivity index (χ3n) is 6.04. The maximum atomic E-state index is 12.4. The lowest BCUT2D eigenvalue weighted by Crippen LogP contribution is -2.51. The van der Waals surface area contributed by atoms with Crippen LogP contribution in [0.2, 0.25) is 0 Å². The van der Waals surface area contributed by atoms with Crippen molar-refractivity contribution in [2.45, 2.75) is 44.1 Å². The predicted octanol–water partition coefficient (Wildman–Crippen LogP) is 3.16. The van der Waals surface area contributed by atoms with Gasteiger partial charge in [0.2, 0.25) is 5.91 Å². The molecule has 1 atom stereocenters. The van der Waals surface area contributed by atoms with Crippen molar-refractivity contribution in [3.05, 3.63) is 36.0 Å². The molecule has 1 amide bonds. The number of carbonyl (C=O) groups is 1. The fraction of sp³-hybridized carbons (Fsp3) is 0.524. The van der Waals surface area contributed by atoms with Crippen molar-refractivity contribution in [3.63, 3.8) is 0 Å². The Morgan fingerprint density at radius 1 is 1.31 bits per heavy atom. The first-order chi connectivity index (χ1) is 12.6. The van der Waals surface area contributed by atoms with Crippen molar-refractivity contribution >= 4 is 16.8 Å². The van der Waals surface area contributed by atoms with Crippen LogP contribution in [0.15, 0.2) is 30.5 Å². The maximum Gasteiger partial charge on any atom is 0.235 e. The summed E-state index contributed by atoms with van der Waals surface area (Å²) in [6.07, 6.45) is 6.35. The highest BCUT2D eigenvalue weighted by molar-refractivity contribution is 5.83. The Morgan fingerprint density at radius 3 is 2.73 bits per heavy atom. The van der Waals surface area contributed by atoms with Gasteiger partial charge in [0.1, 0.15) is 5.54 Å². The number of piperidine rings is 1. The van der Waals surface area contributed by atoms with Crippen LogP contribution in [0.3, 0.4) is 0 Å². The van der Waals surface area contributed by atoms with Gasteiger partial charge in [-0.2, -0.15) is 5.26 Å².